The second-order valence-corrected chi connectivity index (χ2v) is 6.21. The van der Waals surface area contributed by atoms with Crippen LogP contribution in [0.2, 0.25) is 0 Å². The van der Waals surface area contributed by atoms with Crippen molar-refractivity contribution in [2.75, 3.05) is 18.0 Å². The quantitative estimate of drug-likeness (QED) is 0.867. The number of aromatic nitrogens is 4. The van der Waals surface area contributed by atoms with Crippen LogP contribution in [0.4, 0.5) is 10.6 Å². The van der Waals surface area contributed by atoms with Crippen molar-refractivity contribution < 1.29 is 9.90 Å². The van der Waals surface area contributed by atoms with Gasteiger partial charge in [-0.25, -0.2) is 9.78 Å². The Bertz CT molecular complexity index is 708. The Morgan fingerprint density at radius 2 is 2.13 bits per heavy atom. The van der Waals surface area contributed by atoms with E-state index >= 15 is 0 Å². The van der Waals surface area contributed by atoms with Crippen LogP contribution in [0.1, 0.15) is 24.6 Å². The average molecular weight is 314 g/mol. The SMILES string of the molecule is O=C(O)N[C@@H]1c2ccnn2CC12CCN(c1cnccn1)CC2. The van der Waals surface area contributed by atoms with Crippen molar-refractivity contribution in [2.45, 2.75) is 25.4 Å². The van der Waals surface area contributed by atoms with E-state index in [0.717, 1.165) is 44.0 Å². The van der Waals surface area contributed by atoms with Crippen molar-refractivity contribution in [1.29, 1.82) is 0 Å². The monoisotopic (exact) mass is 314 g/mol. The Morgan fingerprint density at radius 3 is 2.83 bits per heavy atom. The number of rotatable bonds is 2. The van der Waals surface area contributed by atoms with Crippen LogP contribution in [0.25, 0.3) is 0 Å². The van der Waals surface area contributed by atoms with E-state index in [1.807, 2.05) is 10.7 Å². The molecule has 4 heterocycles. The lowest BCUT2D eigenvalue weighted by atomic mass is 9.73. The molecule has 8 nitrogen and oxygen atoms in total. The van der Waals surface area contributed by atoms with Crippen LogP contribution in [0.5, 0.6) is 0 Å². The normalized spacial score (nSPS) is 22.1. The number of carbonyl (C=O) groups is 1. The van der Waals surface area contributed by atoms with Crippen LogP contribution in [-0.2, 0) is 6.54 Å². The molecule has 23 heavy (non-hydrogen) atoms. The molecule has 120 valence electrons. The Morgan fingerprint density at radius 1 is 1.30 bits per heavy atom. The van der Waals surface area contributed by atoms with Crippen molar-refractivity contribution in [3.8, 4) is 0 Å². The predicted octanol–water partition coefficient (Wildman–Crippen LogP) is 1.28. The molecular weight excluding hydrogens is 296 g/mol. The third-order valence-corrected chi connectivity index (χ3v) is 5.02. The molecule has 0 aromatic carbocycles. The molecule has 0 saturated carbocycles. The fourth-order valence-electron chi connectivity index (χ4n) is 3.86. The highest BCUT2D eigenvalue weighted by molar-refractivity contribution is 5.65. The van der Waals surface area contributed by atoms with Crippen molar-refractivity contribution in [2.24, 2.45) is 5.41 Å². The number of carboxylic acid groups (broad SMARTS) is 1. The Labute approximate surface area is 133 Å². The summed E-state index contributed by atoms with van der Waals surface area (Å²) in [4.78, 5) is 21.9. The summed E-state index contributed by atoms with van der Waals surface area (Å²) in [5.41, 5.74) is 0.848. The Kier molecular flexibility index (Phi) is 3.17. The standard InChI is InChI=1S/C15H18N6O2/c22-14(23)19-13-11-1-4-18-21(11)10-15(13)2-7-20(8-3-15)12-9-16-5-6-17-12/h1,4-6,9,13,19H,2-3,7-8,10H2,(H,22,23)/t13-/m1/s1. The van der Waals surface area contributed by atoms with E-state index in [-0.39, 0.29) is 11.5 Å². The lowest BCUT2D eigenvalue weighted by Gasteiger charge is -2.42. The zero-order chi connectivity index (χ0) is 15.9. The number of fused-ring (bicyclic) bond motifs is 1. The van der Waals surface area contributed by atoms with Crippen molar-refractivity contribution in [3.63, 3.8) is 0 Å². The third kappa shape index (κ3) is 2.30. The van der Waals surface area contributed by atoms with E-state index in [1.165, 1.54) is 0 Å². The Balaban J connectivity index is 1.55. The molecule has 1 fully saturated rings. The fourth-order valence-corrected chi connectivity index (χ4v) is 3.86. The van der Waals surface area contributed by atoms with Crippen molar-refractivity contribution in [3.05, 3.63) is 36.5 Å². The maximum absolute atomic E-state index is 11.2. The smallest absolute Gasteiger partial charge is 0.405 e. The largest absolute Gasteiger partial charge is 0.465 e. The summed E-state index contributed by atoms with van der Waals surface area (Å²) < 4.78 is 1.93. The van der Waals surface area contributed by atoms with E-state index in [4.69, 9.17) is 0 Å². The van der Waals surface area contributed by atoms with Crippen molar-refractivity contribution >= 4 is 11.9 Å². The summed E-state index contributed by atoms with van der Waals surface area (Å²) in [6, 6.07) is 1.70. The molecule has 2 aromatic rings. The molecule has 0 bridgehead atoms. The topological polar surface area (TPSA) is 96.2 Å². The molecule has 0 unspecified atom stereocenters. The average Bonchev–Trinajstić information content (AvgIpc) is 3.10. The maximum Gasteiger partial charge on any atom is 0.405 e. The van der Waals surface area contributed by atoms with Gasteiger partial charge < -0.3 is 15.3 Å². The Hall–Kier alpha value is -2.64. The van der Waals surface area contributed by atoms with Gasteiger partial charge in [0.05, 0.1) is 17.9 Å². The molecule has 1 spiro atoms. The van der Waals surface area contributed by atoms with E-state index in [0.29, 0.717) is 0 Å². The number of hydrogen-bond acceptors (Lipinski definition) is 5. The summed E-state index contributed by atoms with van der Waals surface area (Å²) >= 11 is 0. The molecular formula is C15H18N6O2. The number of amides is 1. The van der Waals surface area contributed by atoms with Crippen LogP contribution in [0.15, 0.2) is 30.9 Å². The van der Waals surface area contributed by atoms with Gasteiger partial charge in [-0.1, -0.05) is 0 Å². The fraction of sp³-hybridized carbons (Fsp3) is 0.467. The minimum atomic E-state index is -0.986. The highest BCUT2D eigenvalue weighted by Crippen LogP contribution is 2.49. The summed E-state index contributed by atoms with van der Waals surface area (Å²) in [6.45, 7) is 2.43. The zero-order valence-electron chi connectivity index (χ0n) is 12.6. The number of piperidine rings is 1. The molecule has 2 aliphatic rings. The predicted molar refractivity (Wildman–Crippen MR) is 82.0 cm³/mol. The molecule has 2 aliphatic heterocycles. The number of hydrogen-bond donors (Lipinski definition) is 2. The van der Waals surface area contributed by atoms with Crippen LogP contribution < -0.4 is 10.2 Å². The summed E-state index contributed by atoms with van der Waals surface area (Å²) in [5, 5.41) is 16.2. The van der Waals surface area contributed by atoms with Gasteiger partial charge in [0.15, 0.2) is 0 Å². The first-order valence-electron chi connectivity index (χ1n) is 7.70. The van der Waals surface area contributed by atoms with E-state index < -0.39 is 6.09 Å². The molecule has 2 aromatic heterocycles. The molecule has 2 N–H and O–H groups in total. The second kappa shape index (κ2) is 5.22. The maximum atomic E-state index is 11.2. The van der Waals surface area contributed by atoms with Gasteiger partial charge in [-0.2, -0.15) is 5.10 Å². The molecule has 1 atom stereocenters. The first-order valence-corrected chi connectivity index (χ1v) is 7.70. The molecule has 8 heteroatoms. The summed E-state index contributed by atoms with van der Waals surface area (Å²) in [7, 11) is 0. The molecule has 0 radical (unpaired) electrons. The van der Waals surface area contributed by atoms with Crippen molar-refractivity contribution in [1.82, 2.24) is 25.1 Å². The molecule has 1 amide bonds. The number of anilines is 1. The van der Waals surface area contributed by atoms with Crippen LogP contribution in [0.3, 0.4) is 0 Å². The second-order valence-electron chi connectivity index (χ2n) is 6.21. The van der Waals surface area contributed by atoms with Gasteiger partial charge in [-0.05, 0) is 18.9 Å². The number of nitrogens with one attached hydrogen (secondary N) is 1. The van der Waals surface area contributed by atoms with E-state index in [2.05, 4.69) is 25.3 Å². The highest BCUT2D eigenvalue weighted by Gasteiger charge is 2.49. The minimum absolute atomic E-state index is 0.110. The van der Waals surface area contributed by atoms with Gasteiger partial charge in [-0.3, -0.25) is 9.67 Å². The lowest BCUT2D eigenvalue weighted by molar-refractivity contribution is 0.133. The minimum Gasteiger partial charge on any atom is -0.465 e. The van der Waals surface area contributed by atoms with Crippen LogP contribution in [-0.4, -0.2) is 44.0 Å². The summed E-state index contributed by atoms with van der Waals surface area (Å²) in [5.74, 6) is 0.876. The highest BCUT2D eigenvalue weighted by atomic mass is 16.4. The van der Waals surface area contributed by atoms with Gasteiger partial charge >= 0.3 is 6.09 Å². The van der Waals surface area contributed by atoms with E-state index in [1.54, 1.807) is 24.8 Å². The van der Waals surface area contributed by atoms with Gasteiger partial charge in [-0.15, -0.1) is 0 Å². The van der Waals surface area contributed by atoms with Gasteiger partial charge in [0.2, 0.25) is 0 Å². The first-order chi connectivity index (χ1) is 11.2. The first kappa shape index (κ1) is 14.0. The van der Waals surface area contributed by atoms with Gasteiger partial charge in [0.25, 0.3) is 0 Å². The van der Waals surface area contributed by atoms with E-state index in [9.17, 15) is 9.90 Å². The third-order valence-electron chi connectivity index (χ3n) is 5.02. The van der Waals surface area contributed by atoms with Crippen LogP contribution in [0, 0.1) is 5.41 Å². The lowest BCUT2D eigenvalue weighted by Crippen LogP contribution is -2.47. The van der Waals surface area contributed by atoms with Crippen LogP contribution >= 0.6 is 0 Å². The van der Waals surface area contributed by atoms with Gasteiger partial charge in [0.1, 0.15) is 5.82 Å². The number of nitrogens with zero attached hydrogens (tertiary/aromatic N) is 5. The zero-order valence-corrected chi connectivity index (χ0v) is 12.6. The van der Waals surface area contributed by atoms with Gasteiger partial charge in [0, 0.05) is 43.6 Å². The summed E-state index contributed by atoms with van der Waals surface area (Å²) in [6.07, 6.45) is 7.64. The molecule has 4 rings (SSSR count). The molecule has 0 aliphatic carbocycles. The molecule has 1 saturated heterocycles.